The number of piperidine rings is 1. The van der Waals surface area contributed by atoms with Crippen molar-refractivity contribution in [1.29, 1.82) is 0 Å². The fraction of sp³-hybridized carbons (Fsp3) is 0.706. The van der Waals surface area contributed by atoms with Crippen LogP contribution in [-0.2, 0) is 0 Å². The molecule has 2 aliphatic heterocycles. The Kier molecular flexibility index (Phi) is 4.16. The van der Waals surface area contributed by atoms with Crippen LogP contribution in [0.5, 0.6) is 0 Å². The van der Waals surface area contributed by atoms with Gasteiger partial charge in [0.25, 0.3) is 0 Å². The Hall–Kier alpha value is -1.69. The number of aryl methyl sites for hydroxylation is 1. The van der Waals surface area contributed by atoms with E-state index in [0.29, 0.717) is 0 Å². The van der Waals surface area contributed by atoms with Crippen molar-refractivity contribution in [3.63, 3.8) is 0 Å². The molecule has 0 N–H and O–H groups in total. The van der Waals surface area contributed by atoms with Gasteiger partial charge in [-0.15, -0.1) is 10.2 Å². The first-order valence-corrected chi connectivity index (χ1v) is 8.94. The molecule has 0 aliphatic carbocycles. The molecule has 0 spiro atoms. The number of anilines is 1. The van der Waals surface area contributed by atoms with Crippen molar-refractivity contribution in [1.82, 2.24) is 24.7 Å². The highest BCUT2D eigenvalue weighted by Crippen LogP contribution is 2.28. The molecule has 6 nitrogen and oxygen atoms in total. The third-order valence-electron chi connectivity index (χ3n) is 5.38. The molecule has 0 saturated carbocycles. The number of hydrogen-bond donors (Lipinski definition) is 0. The van der Waals surface area contributed by atoms with Crippen LogP contribution < -0.4 is 4.90 Å². The van der Waals surface area contributed by atoms with Gasteiger partial charge in [0, 0.05) is 13.1 Å². The SMILES string of the molecule is Cc1cc(N2CCC(CCN3CCCC3)CC2)c2nncn2n1. The van der Waals surface area contributed by atoms with Gasteiger partial charge >= 0.3 is 0 Å². The van der Waals surface area contributed by atoms with Gasteiger partial charge < -0.3 is 9.80 Å². The predicted octanol–water partition coefficient (Wildman–Crippen LogP) is 2.14. The lowest BCUT2D eigenvalue weighted by Crippen LogP contribution is -2.35. The molecule has 4 rings (SSSR count). The van der Waals surface area contributed by atoms with Gasteiger partial charge in [0.05, 0.1) is 11.4 Å². The minimum atomic E-state index is 0.878. The van der Waals surface area contributed by atoms with Crippen LogP contribution >= 0.6 is 0 Å². The Labute approximate surface area is 137 Å². The first-order valence-electron chi connectivity index (χ1n) is 8.94. The van der Waals surface area contributed by atoms with Gasteiger partial charge in [-0.1, -0.05) is 0 Å². The first-order chi connectivity index (χ1) is 11.3. The zero-order chi connectivity index (χ0) is 15.6. The monoisotopic (exact) mass is 314 g/mol. The van der Waals surface area contributed by atoms with E-state index >= 15 is 0 Å². The van der Waals surface area contributed by atoms with Crippen molar-refractivity contribution in [2.45, 2.75) is 39.0 Å². The Morgan fingerprint density at radius 2 is 1.91 bits per heavy atom. The quantitative estimate of drug-likeness (QED) is 0.865. The van der Waals surface area contributed by atoms with Gasteiger partial charge in [-0.05, 0) is 70.6 Å². The molecule has 0 bridgehead atoms. The second kappa shape index (κ2) is 6.43. The second-order valence-electron chi connectivity index (χ2n) is 7.04. The Bertz CT molecular complexity index is 652. The number of rotatable bonds is 4. The molecule has 0 atom stereocenters. The fourth-order valence-corrected chi connectivity index (χ4v) is 4.00. The number of fused-ring (bicyclic) bond motifs is 1. The van der Waals surface area contributed by atoms with Crippen molar-refractivity contribution in [3.8, 4) is 0 Å². The standard InChI is InChI=1S/C17H26N6/c1-14-12-16(17-19-18-13-23(17)20-14)22-10-5-15(6-11-22)4-9-21-7-2-3-8-21/h12-13,15H,2-11H2,1H3. The lowest BCUT2D eigenvalue weighted by atomic mass is 9.93. The number of likely N-dealkylation sites (tertiary alicyclic amines) is 1. The van der Waals surface area contributed by atoms with Crippen molar-refractivity contribution < 1.29 is 0 Å². The third kappa shape index (κ3) is 3.17. The molecule has 0 unspecified atom stereocenters. The van der Waals surface area contributed by atoms with Gasteiger partial charge in [0.1, 0.15) is 6.33 Å². The Balaban J connectivity index is 1.37. The maximum Gasteiger partial charge on any atom is 0.200 e. The van der Waals surface area contributed by atoms with E-state index in [9.17, 15) is 0 Å². The number of hydrogen-bond acceptors (Lipinski definition) is 5. The van der Waals surface area contributed by atoms with Gasteiger partial charge in [-0.3, -0.25) is 0 Å². The molecule has 6 heteroatoms. The molecule has 2 aromatic heterocycles. The van der Waals surface area contributed by atoms with E-state index in [1.54, 1.807) is 10.8 Å². The van der Waals surface area contributed by atoms with Crippen molar-refractivity contribution >= 4 is 11.3 Å². The summed E-state index contributed by atoms with van der Waals surface area (Å²) in [6.07, 6.45) is 8.42. The maximum absolute atomic E-state index is 4.44. The minimum Gasteiger partial charge on any atom is -0.368 e. The average molecular weight is 314 g/mol. The molecule has 2 aliphatic rings. The minimum absolute atomic E-state index is 0.878. The van der Waals surface area contributed by atoms with Crippen LogP contribution in [0.4, 0.5) is 5.69 Å². The van der Waals surface area contributed by atoms with Crippen LogP contribution in [0.3, 0.4) is 0 Å². The van der Waals surface area contributed by atoms with Crippen LogP contribution in [0.25, 0.3) is 5.65 Å². The van der Waals surface area contributed by atoms with Gasteiger partial charge in [0.2, 0.25) is 5.65 Å². The number of nitrogens with zero attached hydrogens (tertiary/aromatic N) is 6. The topological polar surface area (TPSA) is 49.6 Å². The fourth-order valence-electron chi connectivity index (χ4n) is 4.00. The first kappa shape index (κ1) is 14.9. The van der Waals surface area contributed by atoms with Crippen molar-refractivity contribution in [3.05, 3.63) is 18.1 Å². The highest BCUT2D eigenvalue weighted by atomic mass is 15.4. The molecule has 2 aromatic rings. The highest BCUT2D eigenvalue weighted by molar-refractivity contribution is 5.68. The van der Waals surface area contributed by atoms with E-state index in [1.807, 2.05) is 6.92 Å². The lowest BCUT2D eigenvalue weighted by Gasteiger charge is -2.34. The normalized spacial score (nSPS) is 20.7. The van der Waals surface area contributed by atoms with E-state index < -0.39 is 0 Å². The zero-order valence-electron chi connectivity index (χ0n) is 14.0. The molecule has 2 saturated heterocycles. The molecule has 2 fully saturated rings. The molecule has 4 heterocycles. The molecule has 0 radical (unpaired) electrons. The number of aromatic nitrogens is 4. The Morgan fingerprint density at radius 3 is 2.70 bits per heavy atom. The molecular formula is C17H26N6. The highest BCUT2D eigenvalue weighted by Gasteiger charge is 2.23. The van der Waals surface area contributed by atoms with Crippen molar-refractivity contribution in [2.24, 2.45) is 5.92 Å². The average Bonchev–Trinajstić information content (AvgIpc) is 3.24. The van der Waals surface area contributed by atoms with E-state index in [0.717, 1.165) is 30.3 Å². The predicted molar refractivity (Wildman–Crippen MR) is 90.7 cm³/mol. The Morgan fingerprint density at radius 1 is 1.13 bits per heavy atom. The van der Waals surface area contributed by atoms with Crippen LogP contribution in [0.2, 0.25) is 0 Å². The summed E-state index contributed by atoms with van der Waals surface area (Å²) in [5.41, 5.74) is 3.09. The summed E-state index contributed by atoms with van der Waals surface area (Å²) in [6, 6.07) is 2.15. The van der Waals surface area contributed by atoms with E-state index in [4.69, 9.17) is 0 Å². The smallest absolute Gasteiger partial charge is 0.200 e. The molecule has 0 aromatic carbocycles. The van der Waals surface area contributed by atoms with E-state index in [-0.39, 0.29) is 0 Å². The summed E-state index contributed by atoms with van der Waals surface area (Å²) < 4.78 is 1.80. The summed E-state index contributed by atoms with van der Waals surface area (Å²) in [6.45, 7) is 8.21. The lowest BCUT2D eigenvalue weighted by molar-refractivity contribution is 0.280. The van der Waals surface area contributed by atoms with E-state index in [1.165, 1.54) is 57.4 Å². The van der Waals surface area contributed by atoms with Crippen molar-refractivity contribution in [2.75, 3.05) is 37.6 Å². The maximum atomic E-state index is 4.44. The van der Waals surface area contributed by atoms with Crippen LogP contribution in [0, 0.1) is 12.8 Å². The largest absolute Gasteiger partial charge is 0.368 e. The summed E-state index contributed by atoms with van der Waals surface area (Å²) >= 11 is 0. The zero-order valence-corrected chi connectivity index (χ0v) is 14.0. The van der Waals surface area contributed by atoms with Gasteiger partial charge in [-0.25, -0.2) is 0 Å². The summed E-state index contributed by atoms with van der Waals surface area (Å²) in [7, 11) is 0. The van der Waals surface area contributed by atoms with Crippen LogP contribution in [-0.4, -0.2) is 57.4 Å². The van der Waals surface area contributed by atoms with Gasteiger partial charge in [0.15, 0.2) is 0 Å². The van der Waals surface area contributed by atoms with Gasteiger partial charge in [-0.2, -0.15) is 9.61 Å². The third-order valence-corrected chi connectivity index (χ3v) is 5.38. The molecular weight excluding hydrogens is 288 g/mol. The molecule has 0 amide bonds. The second-order valence-corrected chi connectivity index (χ2v) is 7.04. The summed E-state index contributed by atoms with van der Waals surface area (Å²) in [5, 5.41) is 12.7. The van der Waals surface area contributed by atoms with Crippen LogP contribution in [0.15, 0.2) is 12.4 Å². The van der Waals surface area contributed by atoms with Crippen LogP contribution in [0.1, 0.15) is 37.8 Å². The molecule has 23 heavy (non-hydrogen) atoms. The summed E-state index contributed by atoms with van der Waals surface area (Å²) in [4.78, 5) is 5.10. The molecule has 124 valence electrons. The summed E-state index contributed by atoms with van der Waals surface area (Å²) in [5.74, 6) is 0.878. The van der Waals surface area contributed by atoms with E-state index in [2.05, 4.69) is 31.2 Å².